The van der Waals surface area contributed by atoms with Crippen molar-refractivity contribution >= 4 is 17.7 Å². The maximum absolute atomic E-state index is 6.38. The SMILES string of the molecule is COC1C(Cl)=Cc2ccccc2-c2ccccc21. The molecule has 90 valence electrons. The minimum Gasteiger partial charge on any atom is -0.371 e. The summed E-state index contributed by atoms with van der Waals surface area (Å²) in [7, 11) is 1.69. The first kappa shape index (κ1) is 11.5. The van der Waals surface area contributed by atoms with Crippen LogP contribution in [0.3, 0.4) is 0 Å². The molecule has 2 heteroatoms. The van der Waals surface area contributed by atoms with Gasteiger partial charge in [-0.2, -0.15) is 0 Å². The Bertz CT molecular complexity index is 616. The van der Waals surface area contributed by atoms with Gasteiger partial charge in [0.2, 0.25) is 0 Å². The lowest BCUT2D eigenvalue weighted by Crippen LogP contribution is -2.01. The fourth-order valence-electron chi connectivity index (χ4n) is 2.45. The lowest BCUT2D eigenvalue weighted by atomic mass is 9.96. The van der Waals surface area contributed by atoms with E-state index in [-0.39, 0.29) is 6.10 Å². The number of hydrogen-bond donors (Lipinski definition) is 0. The van der Waals surface area contributed by atoms with Gasteiger partial charge in [0, 0.05) is 7.11 Å². The Balaban J connectivity index is 2.34. The van der Waals surface area contributed by atoms with Crippen LogP contribution < -0.4 is 0 Å². The van der Waals surface area contributed by atoms with Crippen LogP contribution in [0.5, 0.6) is 0 Å². The zero-order chi connectivity index (χ0) is 12.5. The van der Waals surface area contributed by atoms with Crippen LogP contribution in [0.4, 0.5) is 0 Å². The van der Waals surface area contributed by atoms with Crippen molar-refractivity contribution in [1.29, 1.82) is 0 Å². The molecule has 2 aromatic rings. The number of ether oxygens (including phenoxy) is 1. The molecule has 1 unspecified atom stereocenters. The Kier molecular flexibility index (Phi) is 2.94. The number of fused-ring (bicyclic) bond motifs is 3. The summed E-state index contributed by atoms with van der Waals surface area (Å²) in [5.74, 6) is 0. The van der Waals surface area contributed by atoms with Crippen molar-refractivity contribution in [2.45, 2.75) is 6.10 Å². The highest BCUT2D eigenvalue weighted by Gasteiger charge is 2.22. The number of benzene rings is 2. The van der Waals surface area contributed by atoms with Gasteiger partial charge in [-0.3, -0.25) is 0 Å². The molecule has 0 N–H and O–H groups in total. The number of rotatable bonds is 1. The number of methoxy groups -OCH3 is 1. The van der Waals surface area contributed by atoms with E-state index in [4.69, 9.17) is 16.3 Å². The van der Waals surface area contributed by atoms with Gasteiger partial charge in [-0.1, -0.05) is 60.1 Å². The van der Waals surface area contributed by atoms with E-state index in [2.05, 4.69) is 24.3 Å². The third-order valence-corrected chi connectivity index (χ3v) is 3.58. The minimum absolute atomic E-state index is 0.185. The van der Waals surface area contributed by atoms with Crippen LogP contribution in [0.1, 0.15) is 17.2 Å². The highest BCUT2D eigenvalue weighted by atomic mass is 35.5. The molecule has 0 aliphatic heterocycles. The molecule has 18 heavy (non-hydrogen) atoms. The molecule has 0 saturated heterocycles. The van der Waals surface area contributed by atoms with Gasteiger partial charge in [0.05, 0.1) is 5.03 Å². The van der Waals surface area contributed by atoms with E-state index in [1.165, 1.54) is 11.1 Å². The molecule has 0 saturated carbocycles. The van der Waals surface area contributed by atoms with Crippen LogP contribution >= 0.6 is 11.6 Å². The summed E-state index contributed by atoms with van der Waals surface area (Å²) in [5, 5.41) is 0.718. The quantitative estimate of drug-likeness (QED) is 0.723. The van der Waals surface area contributed by atoms with Gasteiger partial charge in [-0.15, -0.1) is 0 Å². The zero-order valence-electron chi connectivity index (χ0n) is 10.1. The fraction of sp³-hybridized carbons (Fsp3) is 0.125. The minimum atomic E-state index is -0.185. The van der Waals surface area contributed by atoms with Crippen LogP contribution in [0, 0.1) is 0 Å². The van der Waals surface area contributed by atoms with Crippen LogP contribution in [0.2, 0.25) is 0 Å². The van der Waals surface area contributed by atoms with Crippen LogP contribution in [-0.4, -0.2) is 7.11 Å². The molecule has 0 bridgehead atoms. The largest absolute Gasteiger partial charge is 0.371 e. The smallest absolute Gasteiger partial charge is 0.118 e. The molecule has 0 spiro atoms. The second-order valence-corrected chi connectivity index (χ2v) is 4.76. The Morgan fingerprint density at radius 3 is 2.39 bits per heavy atom. The Morgan fingerprint density at radius 1 is 0.944 bits per heavy atom. The Hall–Kier alpha value is -1.57. The van der Waals surface area contributed by atoms with Crippen molar-refractivity contribution in [1.82, 2.24) is 0 Å². The van der Waals surface area contributed by atoms with E-state index in [9.17, 15) is 0 Å². The number of halogens is 1. The van der Waals surface area contributed by atoms with Crippen LogP contribution in [0.15, 0.2) is 53.6 Å². The zero-order valence-corrected chi connectivity index (χ0v) is 10.8. The first-order valence-corrected chi connectivity index (χ1v) is 6.27. The van der Waals surface area contributed by atoms with Gasteiger partial charge in [0.1, 0.15) is 6.10 Å². The monoisotopic (exact) mass is 256 g/mol. The predicted octanol–water partition coefficient (Wildman–Crippen LogP) is 4.63. The lowest BCUT2D eigenvalue weighted by molar-refractivity contribution is 0.140. The van der Waals surface area contributed by atoms with Crippen molar-refractivity contribution in [3.8, 4) is 11.1 Å². The first-order chi connectivity index (χ1) is 8.81. The fourth-order valence-corrected chi connectivity index (χ4v) is 2.78. The van der Waals surface area contributed by atoms with E-state index in [1.807, 2.05) is 30.3 Å². The summed E-state index contributed by atoms with van der Waals surface area (Å²) in [6, 6.07) is 16.5. The molecule has 1 atom stereocenters. The molecule has 0 heterocycles. The van der Waals surface area contributed by atoms with Crippen molar-refractivity contribution in [3.05, 3.63) is 64.7 Å². The van der Waals surface area contributed by atoms with Gasteiger partial charge in [-0.05, 0) is 28.3 Å². The Labute approximate surface area is 112 Å². The van der Waals surface area contributed by atoms with Crippen LogP contribution in [-0.2, 0) is 4.74 Å². The molecule has 0 aromatic heterocycles. The normalized spacial score (nSPS) is 17.4. The molecule has 0 amide bonds. The highest BCUT2D eigenvalue weighted by Crippen LogP contribution is 2.41. The highest BCUT2D eigenvalue weighted by molar-refractivity contribution is 6.32. The number of hydrogen-bond acceptors (Lipinski definition) is 1. The third kappa shape index (κ3) is 1.76. The van der Waals surface area contributed by atoms with E-state index < -0.39 is 0 Å². The lowest BCUT2D eigenvalue weighted by Gasteiger charge is -2.16. The molecular formula is C16H13ClO. The summed E-state index contributed by atoms with van der Waals surface area (Å²) >= 11 is 6.38. The average Bonchev–Trinajstić information content (AvgIpc) is 2.52. The summed E-state index contributed by atoms with van der Waals surface area (Å²) in [6.45, 7) is 0. The summed E-state index contributed by atoms with van der Waals surface area (Å²) < 4.78 is 5.54. The van der Waals surface area contributed by atoms with Crippen molar-refractivity contribution in [2.24, 2.45) is 0 Å². The van der Waals surface area contributed by atoms with E-state index >= 15 is 0 Å². The third-order valence-electron chi connectivity index (χ3n) is 3.27. The molecule has 1 nitrogen and oxygen atoms in total. The molecule has 1 aliphatic rings. The molecule has 0 fully saturated rings. The molecule has 0 radical (unpaired) electrons. The molecule has 1 aliphatic carbocycles. The standard InChI is InChI=1S/C16H13ClO/c1-18-16-14-9-5-4-8-13(14)12-7-3-2-6-11(12)10-15(16)17/h2-10,16H,1H3. The predicted molar refractivity (Wildman–Crippen MR) is 75.5 cm³/mol. The summed E-state index contributed by atoms with van der Waals surface area (Å²) in [4.78, 5) is 0. The first-order valence-electron chi connectivity index (χ1n) is 5.89. The van der Waals surface area contributed by atoms with Gasteiger partial charge >= 0.3 is 0 Å². The van der Waals surface area contributed by atoms with Crippen LogP contribution in [0.25, 0.3) is 17.2 Å². The molecule has 2 aromatic carbocycles. The second kappa shape index (κ2) is 4.60. The summed E-state index contributed by atoms with van der Waals surface area (Å²) in [5.41, 5.74) is 4.64. The average molecular weight is 257 g/mol. The van der Waals surface area contributed by atoms with Gasteiger partial charge < -0.3 is 4.74 Å². The van der Waals surface area contributed by atoms with Crippen molar-refractivity contribution < 1.29 is 4.74 Å². The molecular weight excluding hydrogens is 244 g/mol. The Morgan fingerprint density at radius 2 is 1.61 bits per heavy atom. The van der Waals surface area contributed by atoms with Crippen molar-refractivity contribution in [3.63, 3.8) is 0 Å². The maximum atomic E-state index is 6.38. The van der Waals surface area contributed by atoms with E-state index in [0.29, 0.717) is 0 Å². The van der Waals surface area contributed by atoms with Gasteiger partial charge in [0.25, 0.3) is 0 Å². The van der Waals surface area contributed by atoms with Gasteiger partial charge in [0.15, 0.2) is 0 Å². The van der Waals surface area contributed by atoms with Gasteiger partial charge in [-0.25, -0.2) is 0 Å². The molecule has 3 rings (SSSR count). The van der Waals surface area contributed by atoms with E-state index in [1.54, 1.807) is 7.11 Å². The van der Waals surface area contributed by atoms with E-state index in [0.717, 1.165) is 16.2 Å². The maximum Gasteiger partial charge on any atom is 0.118 e. The van der Waals surface area contributed by atoms with Crippen molar-refractivity contribution in [2.75, 3.05) is 7.11 Å². The summed E-state index contributed by atoms with van der Waals surface area (Å²) in [6.07, 6.45) is 1.81. The second-order valence-electron chi connectivity index (χ2n) is 4.32. The topological polar surface area (TPSA) is 9.23 Å².